The molecule has 1 aromatic heterocycles. The highest BCUT2D eigenvalue weighted by atomic mass is 127. The van der Waals surface area contributed by atoms with Gasteiger partial charge in [-0.05, 0) is 66.1 Å². The fourth-order valence-corrected chi connectivity index (χ4v) is 2.67. The second-order valence-corrected chi connectivity index (χ2v) is 6.21. The van der Waals surface area contributed by atoms with Crippen molar-refractivity contribution in [3.8, 4) is 0 Å². The molecule has 0 amide bonds. The van der Waals surface area contributed by atoms with Crippen LogP contribution in [0.1, 0.15) is 22.5 Å². The van der Waals surface area contributed by atoms with Gasteiger partial charge in [-0.3, -0.25) is 4.68 Å². The first-order valence-electron chi connectivity index (χ1n) is 6.39. The lowest BCUT2D eigenvalue weighted by molar-refractivity contribution is 0.175. The number of aromatic nitrogens is 2. The Hall–Kier alpha value is -0.880. The van der Waals surface area contributed by atoms with Gasteiger partial charge in [0.05, 0.1) is 11.8 Å². The summed E-state index contributed by atoms with van der Waals surface area (Å²) in [5.41, 5.74) is 4.49. The summed E-state index contributed by atoms with van der Waals surface area (Å²) in [7, 11) is 1.94. The van der Waals surface area contributed by atoms with Gasteiger partial charge in [-0.1, -0.05) is 12.1 Å². The smallest absolute Gasteiger partial charge is 0.0629 e. The van der Waals surface area contributed by atoms with Gasteiger partial charge in [0, 0.05) is 22.7 Å². The summed E-state index contributed by atoms with van der Waals surface area (Å²) in [5.74, 6) is 0. The summed E-state index contributed by atoms with van der Waals surface area (Å²) >= 11 is 2.29. The van der Waals surface area contributed by atoms with Crippen molar-refractivity contribution < 1.29 is 5.11 Å². The van der Waals surface area contributed by atoms with Gasteiger partial charge in [-0.25, -0.2) is 0 Å². The van der Waals surface area contributed by atoms with Crippen molar-refractivity contribution in [2.24, 2.45) is 7.05 Å². The molecule has 2 rings (SSSR count). The fourth-order valence-electron chi connectivity index (χ4n) is 2.31. The van der Waals surface area contributed by atoms with Gasteiger partial charge < -0.3 is 5.11 Å². The Kier molecular flexibility index (Phi) is 4.62. The van der Waals surface area contributed by atoms with E-state index in [1.807, 2.05) is 25.6 Å². The van der Waals surface area contributed by atoms with Crippen LogP contribution in [0.4, 0.5) is 0 Å². The van der Waals surface area contributed by atoms with Crippen LogP contribution in [0.15, 0.2) is 24.3 Å². The summed E-state index contributed by atoms with van der Waals surface area (Å²) in [5, 5.41) is 14.6. The maximum Gasteiger partial charge on any atom is 0.0629 e. The number of benzene rings is 1. The van der Waals surface area contributed by atoms with Crippen LogP contribution in [-0.2, 0) is 19.9 Å². The number of halogens is 1. The third-order valence-electron chi connectivity index (χ3n) is 3.48. The van der Waals surface area contributed by atoms with E-state index in [-0.39, 0.29) is 6.10 Å². The molecular formula is C15H19IN2O. The van der Waals surface area contributed by atoms with Crippen LogP contribution in [0.25, 0.3) is 0 Å². The maximum atomic E-state index is 10.2. The molecule has 3 nitrogen and oxygen atoms in total. The average molecular weight is 370 g/mol. The van der Waals surface area contributed by atoms with E-state index in [1.54, 1.807) is 0 Å². The van der Waals surface area contributed by atoms with E-state index in [0.29, 0.717) is 12.8 Å². The monoisotopic (exact) mass is 370 g/mol. The number of rotatable bonds is 4. The Balaban J connectivity index is 2.05. The molecule has 0 aliphatic carbocycles. The third-order valence-corrected chi connectivity index (χ3v) is 4.20. The van der Waals surface area contributed by atoms with Crippen molar-refractivity contribution in [2.45, 2.75) is 32.8 Å². The molecule has 0 radical (unpaired) electrons. The Morgan fingerprint density at radius 3 is 2.37 bits per heavy atom. The maximum absolute atomic E-state index is 10.2. The van der Waals surface area contributed by atoms with E-state index in [2.05, 4.69) is 52.0 Å². The molecule has 19 heavy (non-hydrogen) atoms. The Labute approximate surface area is 127 Å². The first-order chi connectivity index (χ1) is 8.97. The van der Waals surface area contributed by atoms with Gasteiger partial charge in [-0.15, -0.1) is 0 Å². The standard InChI is InChI=1S/C15H19IN2O/c1-10-15(11(2)18(3)17-10)9-14(19)8-12-4-6-13(16)7-5-12/h4-7,14,19H,8-9H2,1-3H3. The number of aryl methyl sites for hydroxylation is 2. The van der Waals surface area contributed by atoms with Gasteiger partial charge >= 0.3 is 0 Å². The lowest BCUT2D eigenvalue weighted by Gasteiger charge is -2.11. The molecule has 0 aliphatic heterocycles. The van der Waals surface area contributed by atoms with Crippen molar-refractivity contribution in [3.05, 3.63) is 50.4 Å². The van der Waals surface area contributed by atoms with E-state index in [9.17, 15) is 5.11 Å². The normalized spacial score (nSPS) is 12.7. The molecule has 0 aliphatic rings. The van der Waals surface area contributed by atoms with Crippen LogP contribution >= 0.6 is 22.6 Å². The van der Waals surface area contributed by atoms with Crippen LogP contribution in [0.3, 0.4) is 0 Å². The zero-order valence-corrected chi connectivity index (χ0v) is 13.7. The Morgan fingerprint density at radius 1 is 1.21 bits per heavy atom. The summed E-state index contributed by atoms with van der Waals surface area (Å²) < 4.78 is 3.09. The van der Waals surface area contributed by atoms with Gasteiger partial charge in [0.2, 0.25) is 0 Å². The molecule has 1 unspecified atom stereocenters. The van der Waals surface area contributed by atoms with Crippen molar-refractivity contribution in [1.29, 1.82) is 0 Å². The zero-order chi connectivity index (χ0) is 14.0. The van der Waals surface area contributed by atoms with E-state index >= 15 is 0 Å². The molecule has 1 atom stereocenters. The highest BCUT2D eigenvalue weighted by Crippen LogP contribution is 2.16. The molecule has 4 heteroatoms. The molecule has 0 saturated heterocycles. The summed E-state index contributed by atoms with van der Waals surface area (Å²) in [6.45, 7) is 4.05. The van der Waals surface area contributed by atoms with Crippen molar-refractivity contribution >= 4 is 22.6 Å². The van der Waals surface area contributed by atoms with E-state index in [4.69, 9.17) is 0 Å². The minimum Gasteiger partial charge on any atom is -0.392 e. The summed E-state index contributed by atoms with van der Waals surface area (Å²) in [6, 6.07) is 8.30. The molecule has 1 N–H and O–H groups in total. The van der Waals surface area contributed by atoms with E-state index in [0.717, 1.165) is 11.4 Å². The predicted molar refractivity (Wildman–Crippen MR) is 85.3 cm³/mol. The minimum atomic E-state index is -0.360. The zero-order valence-electron chi connectivity index (χ0n) is 11.5. The van der Waals surface area contributed by atoms with Gasteiger partial charge in [0.25, 0.3) is 0 Å². The molecule has 0 saturated carbocycles. The van der Waals surface area contributed by atoms with E-state index < -0.39 is 0 Å². The molecular weight excluding hydrogens is 351 g/mol. The van der Waals surface area contributed by atoms with Gasteiger partial charge in [0.15, 0.2) is 0 Å². The summed E-state index contributed by atoms with van der Waals surface area (Å²) in [6.07, 6.45) is 0.990. The first kappa shape index (κ1) is 14.5. The Bertz CT molecular complexity index is 560. The highest BCUT2D eigenvalue weighted by Gasteiger charge is 2.14. The minimum absolute atomic E-state index is 0.360. The lowest BCUT2D eigenvalue weighted by Crippen LogP contribution is -2.15. The molecule has 102 valence electrons. The largest absolute Gasteiger partial charge is 0.392 e. The molecule has 0 bridgehead atoms. The van der Waals surface area contributed by atoms with Crippen LogP contribution < -0.4 is 0 Å². The number of aliphatic hydroxyl groups is 1. The van der Waals surface area contributed by atoms with Crippen molar-refractivity contribution in [1.82, 2.24) is 9.78 Å². The van der Waals surface area contributed by atoms with E-state index in [1.165, 1.54) is 14.7 Å². The SMILES string of the molecule is Cc1nn(C)c(C)c1CC(O)Cc1ccc(I)cc1. The predicted octanol–water partition coefficient (Wildman–Crippen LogP) is 2.79. The highest BCUT2D eigenvalue weighted by molar-refractivity contribution is 14.1. The molecule has 0 spiro atoms. The lowest BCUT2D eigenvalue weighted by atomic mass is 10.0. The Morgan fingerprint density at radius 2 is 1.84 bits per heavy atom. The van der Waals surface area contributed by atoms with Crippen LogP contribution in [-0.4, -0.2) is 21.0 Å². The van der Waals surface area contributed by atoms with Gasteiger partial charge in [-0.2, -0.15) is 5.10 Å². The average Bonchev–Trinajstić information content (AvgIpc) is 2.59. The molecule has 1 heterocycles. The fraction of sp³-hybridized carbons (Fsp3) is 0.400. The second kappa shape index (κ2) is 6.05. The molecule has 0 fully saturated rings. The number of hydrogen-bond acceptors (Lipinski definition) is 2. The van der Waals surface area contributed by atoms with Gasteiger partial charge in [0.1, 0.15) is 0 Å². The number of aliphatic hydroxyl groups excluding tert-OH is 1. The quantitative estimate of drug-likeness (QED) is 0.841. The van der Waals surface area contributed by atoms with Crippen LogP contribution in [0, 0.1) is 17.4 Å². The van der Waals surface area contributed by atoms with Crippen molar-refractivity contribution in [3.63, 3.8) is 0 Å². The topological polar surface area (TPSA) is 38.0 Å². The second-order valence-electron chi connectivity index (χ2n) is 4.96. The molecule has 2 aromatic rings. The number of nitrogens with zero attached hydrogens (tertiary/aromatic N) is 2. The summed E-state index contributed by atoms with van der Waals surface area (Å²) in [4.78, 5) is 0. The molecule has 1 aromatic carbocycles. The van der Waals surface area contributed by atoms with Crippen molar-refractivity contribution in [2.75, 3.05) is 0 Å². The number of hydrogen-bond donors (Lipinski definition) is 1. The third kappa shape index (κ3) is 3.57. The first-order valence-corrected chi connectivity index (χ1v) is 7.47. The van der Waals surface area contributed by atoms with Crippen LogP contribution in [0.5, 0.6) is 0 Å². The van der Waals surface area contributed by atoms with Crippen LogP contribution in [0.2, 0.25) is 0 Å².